The molecule has 3 aromatic heterocycles. The molecule has 0 bridgehead atoms. The average Bonchev–Trinajstić information content (AvgIpc) is 3.48. The van der Waals surface area contributed by atoms with E-state index < -0.39 is 37.2 Å². The van der Waals surface area contributed by atoms with Crippen molar-refractivity contribution in [2.45, 2.75) is 41.8 Å². The molecular formula is C20H21FN6O4S2. The molecule has 1 saturated heterocycles. The normalized spacial score (nSPS) is 24.0. The molecule has 0 saturated carbocycles. The largest absolute Gasteiger partial charge is 0.394 e. The maximum atomic E-state index is 14.3. The van der Waals surface area contributed by atoms with Gasteiger partial charge in [0.25, 0.3) is 0 Å². The maximum Gasteiger partial charge on any atom is 0.312 e. The topological polar surface area (TPSA) is 138 Å². The molecule has 1 aliphatic rings. The summed E-state index contributed by atoms with van der Waals surface area (Å²) in [6, 6.07) is 7.84. The summed E-state index contributed by atoms with van der Waals surface area (Å²) in [5.74, 6) is 0.864. The molecule has 4 aromatic rings. The number of aliphatic hydroxyl groups excluding tert-OH is 3. The van der Waals surface area contributed by atoms with Gasteiger partial charge in [-0.05, 0) is 19.1 Å². The fraction of sp³-hybridized carbons (Fsp3) is 0.400. The van der Waals surface area contributed by atoms with Crippen molar-refractivity contribution in [2.24, 2.45) is 0 Å². The summed E-state index contributed by atoms with van der Waals surface area (Å²) < 4.78 is 23.2. The number of imidazole rings is 1. The second-order valence-corrected chi connectivity index (χ2v) is 10.00. The molecule has 5 rings (SSSR count). The number of nitrogens with zero attached hydrogens (tertiary/aromatic N) is 5. The number of aromatic nitrogens is 5. The van der Waals surface area contributed by atoms with Gasteiger partial charge in [-0.3, -0.25) is 4.57 Å². The first-order valence-corrected chi connectivity index (χ1v) is 12.0. The number of thiazole rings is 1. The molecule has 13 heteroatoms. The molecule has 174 valence electrons. The van der Waals surface area contributed by atoms with E-state index in [1.54, 1.807) is 23.1 Å². The maximum absolute atomic E-state index is 14.3. The van der Waals surface area contributed by atoms with Crippen LogP contribution in [0.2, 0.25) is 0 Å². The number of nitrogens with one attached hydrogen (secondary N) is 1. The van der Waals surface area contributed by atoms with E-state index in [-0.39, 0.29) is 17.5 Å². The molecule has 10 nitrogen and oxygen atoms in total. The quantitative estimate of drug-likeness (QED) is 0.223. The van der Waals surface area contributed by atoms with Crippen LogP contribution in [0.5, 0.6) is 0 Å². The van der Waals surface area contributed by atoms with Crippen molar-refractivity contribution in [3.05, 3.63) is 36.7 Å². The lowest BCUT2D eigenvalue weighted by Crippen LogP contribution is -2.33. The van der Waals surface area contributed by atoms with Crippen LogP contribution in [0.15, 0.2) is 34.9 Å². The molecule has 1 aliphatic heterocycles. The lowest BCUT2D eigenvalue weighted by molar-refractivity contribution is -0.0511. The van der Waals surface area contributed by atoms with Crippen LogP contribution in [0, 0.1) is 6.08 Å². The Kier molecular flexibility index (Phi) is 6.16. The van der Waals surface area contributed by atoms with Crippen LogP contribution in [0.1, 0.15) is 13.2 Å². The van der Waals surface area contributed by atoms with Crippen molar-refractivity contribution in [2.75, 3.05) is 17.7 Å². The highest BCUT2D eigenvalue weighted by atomic mass is 32.2. The first kappa shape index (κ1) is 22.4. The fourth-order valence-corrected chi connectivity index (χ4v) is 5.72. The van der Waals surface area contributed by atoms with E-state index in [1.165, 1.54) is 10.9 Å². The zero-order valence-corrected chi connectivity index (χ0v) is 19.0. The first-order valence-electron chi connectivity index (χ1n) is 10.2. The molecule has 4 heterocycles. The van der Waals surface area contributed by atoms with E-state index in [1.807, 2.05) is 31.2 Å². The van der Waals surface area contributed by atoms with Crippen LogP contribution >= 0.6 is 23.1 Å². The van der Waals surface area contributed by atoms with Gasteiger partial charge in [0.2, 0.25) is 0 Å². The molecule has 4 N–H and O–H groups in total. The van der Waals surface area contributed by atoms with Gasteiger partial charge in [0.15, 0.2) is 27.5 Å². The third-order valence-electron chi connectivity index (χ3n) is 5.30. The van der Waals surface area contributed by atoms with Crippen molar-refractivity contribution in [1.82, 2.24) is 24.5 Å². The number of thioether (sulfide) groups is 1. The molecule has 0 amide bonds. The van der Waals surface area contributed by atoms with Crippen molar-refractivity contribution < 1.29 is 24.4 Å². The van der Waals surface area contributed by atoms with E-state index in [4.69, 9.17) is 4.74 Å². The van der Waals surface area contributed by atoms with Crippen molar-refractivity contribution in [3.63, 3.8) is 0 Å². The van der Waals surface area contributed by atoms with E-state index >= 15 is 0 Å². The smallest absolute Gasteiger partial charge is 0.312 e. The summed E-state index contributed by atoms with van der Waals surface area (Å²) in [5.41, 5.74) is 1.36. The molecule has 5 atom stereocenters. The summed E-state index contributed by atoms with van der Waals surface area (Å²) in [4.78, 5) is 16.5. The Morgan fingerprint density at radius 1 is 1.24 bits per heavy atom. The van der Waals surface area contributed by atoms with E-state index in [0.29, 0.717) is 11.3 Å². The summed E-state index contributed by atoms with van der Waals surface area (Å²) in [6.07, 6.45) is -4.29. The average molecular weight is 493 g/mol. The molecule has 0 spiro atoms. The number of hydrogen-bond donors (Lipinski definition) is 4. The number of rotatable bonds is 7. The summed E-state index contributed by atoms with van der Waals surface area (Å²) in [6.45, 7) is 1.47. The minimum Gasteiger partial charge on any atom is -0.394 e. The molecule has 2 unspecified atom stereocenters. The Labute approximate surface area is 195 Å². The van der Waals surface area contributed by atoms with E-state index in [2.05, 4.69) is 25.3 Å². The third kappa shape index (κ3) is 4.27. The highest BCUT2D eigenvalue weighted by molar-refractivity contribution is 8.01. The van der Waals surface area contributed by atoms with Gasteiger partial charge in [0, 0.05) is 11.8 Å². The molecular weight excluding hydrogens is 471 g/mol. The van der Waals surface area contributed by atoms with Crippen molar-refractivity contribution in [1.29, 1.82) is 0 Å². The number of benzene rings is 1. The zero-order valence-electron chi connectivity index (χ0n) is 17.4. The molecule has 1 fully saturated rings. The Morgan fingerprint density at radius 3 is 2.82 bits per heavy atom. The highest BCUT2D eigenvalue weighted by Gasteiger charge is 2.44. The van der Waals surface area contributed by atoms with Gasteiger partial charge >= 0.3 is 6.08 Å². The molecule has 1 aromatic carbocycles. The van der Waals surface area contributed by atoms with Gasteiger partial charge in [-0.25, -0.2) is 9.97 Å². The van der Waals surface area contributed by atoms with Gasteiger partial charge in [-0.2, -0.15) is 14.4 Å². The van der Waals surface area contributed by atoms with Crippen LogP contribution in [0.4, 0.5) is 10.2 Å². The summed E-state index contributed by atoms with van der Waals surface area (Å²) >= 11 is 3.21. The van der Waals surface area contributed by atoms with Gasteiger partial charge in [-0.15, -0.1) is 11.3 Å². The van der Waals surface area contributed by atoms with Crippen LogP contribution in [-0.2, 0) is 4.74 Å². The summed E-state index contributed by atoms with van der Waals surface area (Å²) in [7, 11) is 0. The SMILES string of the molecule is C[C@H](CSc1nc2ccccc2s1)Nc1nc(F)nc2c1ncn2[C@@H]1O[C@H](CO)C(O)C1O. The van der Waals surface area contributed by atoms with Crippen LogP contribution in [0.3, 0.4) is 0 Å². The van der Waals surface area contributed by atoms with Gasteiger partial charge in [-0.1, -0.05) is 23.9 Å². The van der Waals surface area contributed by atoms with Gasteiger partial charge in [0.1, 0.15) is 18.3 Å². The zero-order chi connectivity index (χ0) is 23.1. The Bertz CT molecular complexity index is 1250. The minimum atomic E-state index is -1.34. The number of para-hydroxylation sites is 1. The summed E-state index contributed by atoms with van der Waals surface area (Å²) in [5, 5.41) is 32.8. The van der Waals surface area contributed by atoms with Crippen LogP contribution in [0.25, 0.3) is 21.4 Å². The second-order valence-electron chi connectivity index (χ2n) is 7.70. The second kappa shape index (κ2) is 9.08. The molecule has 0 aliphatic carbocycles. The number of anilines is 1. The lowest BCUT2D eigenvalue weighted by atomic mass is 10.1. The number of ether oxygens (including phenoxy) is 1. The third-order valence-corrected chi connectivity index (χ3v) is 7.74. The Hall–Kier alpha value is -2.42. The highest BCUT2D eigenvalue weighted by Crippen LogP contribution is 2.33. The Balaban J connectivity index is 1.34. The van der Waals surface area contributed by atoms with Crippen molar-refractivity contribution >= 4 is 50.3 Å². The van der Waals surface area contributed by atoms with Gasteiger partial charge < -0.3 is 25.4 Å². The number of aliphatic hydroxyl groups is 3. The minimum absolute atomic E-state index is 0.0985. The lowest BCUT2D eigenvalue weighted by Gasteiger charge is -2.17. The standard InChI is InChI=1S/C20H21FN6O4S2/c1-9(7-32-20-24-10-4-2-3-5-12(10)33-20)23-16-13-17(26-19(21)25-16)27(8-22-13)18-15(30)14(29)11(6-28)31-18/h2-5,8-9,11,14-15,18,28-30H,6-7H2,1H3,(H,23,25,26)/t9-,11-,14?,15?,18-/m1/s1. The van der Waals surface area contributed by atoms with E-state index in [0.717, 1.165) is 14.6 Å². The molecule has 0 radical (unpaired) electrons. The predicted octanol–water partition coefficient (Wildman–Crippen LogP) is 1.78. The monoisotopic (exact) mass is 492 g/mol. The predicted molar refractivity (Wildman–Crippen MR) is 122 cm³/mol. The Morgan fingerprint density at radius 2 is 2.06 bits per heavy atom. The van der Waals surface area contributed by atoms with Crippen molar-refractivity contribution in [3.8, 4) is 0 Å². The molecule has 33 heavy (non-hydrogen) atoms. The number of hydrogen-bond acceptors (Lipinski definition) is 11. The number of fused-ring (bicyclic) bond motifs is 2. The number of halogens is 1. The van der Waals surface area contributed by atoms with E-state index in [9.17, 15) is 19.7 Å². The van der Waals surface area contributed by atoms with Crippen LogP contribution < -0.4 is 5.32 Å². The van der Waals surface area contributed by atoms with Crippen LogP contribution in [-0.4, -0.2) is 76.5 Å². The fourth-order valence-electron chi connectivity index (χ4n) is 3.67. The first-order chi connectivity index (χ1) is 15.9. The van der Waals surface area contributed by atoms with Gasteiger partial charge in [0.05, 0.1) is 23.2 Å².